The molecule has 0 bridgehead atoms. The quantitative estimate of drug-likeness (QED) is 0.838. The second kappa shape index (κ2) is 6.44. The van der Waals surface area contributed by atoms with Crippen LogP contribution in [0.3, 0.4) is 0 Å². The molecule has 1 saturated carbocycles. The van der Waals surface area contributed by atoms with Gasteiger partial charge >= 0.3 is 5.97 Å². The van der Waals surface area contributed by atoms with E-state index in [1.165, 1.54) is 24.0 Å². The van der Waals surface area contributed by atoms with Gasteiger partial charge in [0.25, 0.3) is 5.91 Å². The highest BCUT2D eigenvalue weighted by atomic mass is 35.5. The molecule has 1 unspecified atom stereocenters. The number of nitrogens with zero attached hydrogens (tertiary/aromatic N) is 1. The van der Waals surface area contributed by atoms with E-state index in [9.17, 15) is 19.8 Å². The van der Waals surface area contributed by atoms with E-state index < -0.39 is 17.9 Å². The second-order valence-corrected chi connectivity index (χ2v) is 5.60. The van der Waals surface area contributed by atoms with Crippen molar-refractivity contribution in [3.05, 3.63) is 22.7 Å². The number of hydrogen-bond acceptors (Lipinski definition) is 4. The number of carbonyl (C=O) groups excluding carboxylic acids is 1. The zero-order valence-electron chi connectivity index (χ0n) is 12.4. The van der Waals surface area contributed by atoms with Gasteiger partial charge in [-0.05, 0) is 38.8 Å². The molecular weight excluding hydrogens is 310 g/mol. The minimum atomic E-state index is -1.06. The average molecular weight is 328 g/mol. The minimum absolute atomic E-state index is 0.00646. The summed E-state index contributed by atoms with van der Waals surface area (Å²) >= 11 is 5.92. The Morgan fingerprint density at radius 1 is 1.45 bits per heavy atom. The number of halogens is 1. The molecule has 0 spiro atoms. The molecular formula is C15H18ClNO5. The summed E-state index contributed by atoms with van der Waals surface area (Å²) in [5.74, 6) is -1.61. The Labute approximate surface area is 133 Å². The predicted molar refractivity (Wildman–Crippen MR) is 80.6 cm³/mol. The van der Waals surface area contributed by atoms with Crippen LogP contribution in [0.4, 0.5) is 0 Å². The molecule has 1 atom stereocenters. The molecule has 120 valence electrons. The zero-order valence-corrected chi connectivity index (χ0v) is 13.1. The van der Waals surface area contributed by atoms with Gasteiger partial charge in [0, 0.05) is 11.6 Å². The number of ether oxygens (including phenoxy) is 1. The molecule has 1 aromatic carbocycles. The third-order valence-corrected chi connectivity index (χ3v) is 3.81. The van der Waals surface area contributed by atoms with E-state index in [2.05, 4.69) is 0 Å². The lowest BCUT2D eigenvalue weighted by molar-refractivity contribution is -0.141. The Morgan fingerprint density at radius 3 is 2.59 bits per heavy atom. The highest BCUT2D eigenvalue weighted by Gasteiger charge is 2.39. The molecule has 1 aromatic rings. The third kappa shape index (κ3) is 3.27. The Bertz CT molecular complexity index is 600. The van der Waals surface area contributed by atoms with E-state index in [4.69, 9.17) is 16.3 Å². The van der Waals surface area contributed by atoms with Gasteiger partial charge in [-0.3, -0.25) is 4.79 Å². The maximum absolute atomic E-state index is 12.7. The minimum Gasteiger partial charge on any atom is -0.503 e. The lowest BCUT2D eigenvalue weighted by atomic mass is 10.1. The van der Waals surface area contributed by atoms with Crippen molar-refractivity contribution in [2.24, 2.45) is 0 Å². The maximum atomic E-state index is 12.7. The number of rotatable bonds is 6. The van der Waals surface area contributed by atoms with Crippen LogP contribution in [-0.2, 0) is 4.79 Å². The van der Waals surface area contributed by atoms with Gasteiger partial charge in [-0.2, -0.15) is 0 Å². The number of phenols is 1. The second-order valence-electron chi connectivity index (χ2n) is 5.20. The van der Waals surface area contributed by atoms with Gasteiger partial charge in [0.15, 0.2) is 11.5 Å². The largest absolute Gasteiger partial charge is 0.503 e. The first-order valence-electron chi connectivity index (χ1n) is 7.07. The molecule has 1 amide bonds. The van der Waals surface area contributed by atoms with Crippen molar-refractivity contribution in [3.8, 4) is 11.5 Å². The monoisotopic (exact) mass is 327 g/mol. The van der Waals surface area contributed by atoms with Crippen LogP contribution in [-0.4, -0.2) is 45.7 Å². The van der Waals surface area contributed by atoms with Crippen molar-refractivity contribution in [1.82, 2.24) is 4.90 Å². The first kappa shape index (κ1) is 16.4. The van der Waals surface area contributed by atoms with Gasteiger partial charge in [-0.15, -0.1) is 0 Å². The van der Waals surface area contributed by atoms with Crippen LogP contribution in [0, 0.1) is 0 Å². The van der Waals surface area contributed by atoms with Crippen LogP contribution in [0.25, 0.3) is 0 Å². The molecule has 7 heteroatoms. The van der Waals surface area contributed by atoms with Crippen molar-refractivity contribution in [1.29, 1.82) is 0 Å². The zero-order chi connectivity index (χ0) is 16.4. The van der Waals surface area contributed by atoms with E-state index in [1.807, 2.05) is 0 Å². The Hall–Kier alpha value is -1.95. The number of aromatic hydroxyl groups is 1. The number of benzene rings is 1. The molecule has 1 fully saturated rings. The van der Waals surface area contributed by atoms with Crippen LogP contribution in [0.2, 0.25) is 5.02 Å². The fourth-order valence-corrected chi connectivity index (χ4v) is 2.45. The van der Waals surface area contributed by atoms with E-state index in [1.54, 1.807) is 6.92 Å². The Morgan fingerprint density at radius 2 is 2.09 bits per heavy atom. The predicted octanol–water partition coefficient (Wildman–Crippen LogP) is 2.52. The summed E-state index contributed by atoms with van der Waals surface area (Å²) in [7, 11) is 0. The van der Waals surface area contributed by atoms with Gasteiger partial charge in [0.2, 0.25) is 0 Å². The summed E-state index contributed by atoms with van der Waals surface area (Å²) in [4.78, 5) is 25.2. The highest BCUT2D eigenvalue weighted by molar-refractivity contribution is 6.32. The topological polar surface area (TPSA) is 87.1 Å². The molecule has 0 aromatic heterocycles. The summed E-state index contributed by atoms with van der Waals surface area (Å²) in [6.07, 6.45) is 1.57. The summed E-state index contributed by atoms with van der Waals surface area (Å²) in [6, 6.07) is 1.72. The van der Waals surface area contributed by atoms with Gasteiger partial charge < -0.3 is 19.8 Å². The molecule has 0 saturated heterocycles. The molecule has 0 radical (unpaired) electrons. The third-order valence-electron chi connectivity index (χ3n) is 3.52. The number of aliphatic carboxylic acids is 1. The Kier molecular flexibility index (Phi) is 4.81. The number of carboxylic acid groups (broad SMARTS) is 1. The van der Waals surface area contributed by atoms with Crippen LogP contribution in [0.15, 0.2) is 12.1 Å². The van der Waals surface area contributed by atoms with Crippen molar-refractivity contribution in [2.45, 2.75) is 38.8 Å². The molecule has 0 aliphatic heterocycles. The van der Waals surface area contributed by atoms with Crippen LogP contribution in [0.5, 0.6) is 11.5 Å². The van der Waals surface area contributed by atoms with Crippen LogP contribution < -0.4 is 4.74 Å². The number of hydrogen-bond donors (Lipinski definition) is 2. The van der Waals surface area contributed by atoms with E-state index in [0.29, 0.717) is 6.61 Å². The molecule has 2 rings (SSSR count). The standard InChI is InChI=1S/C15H18ClNO5/c1-3-22-12-7-9(6-11(16)13(12)18)14(19)17(10-4-5-10)8(2)15(20)21/h6-8,10,18H,3-5H2,1-2H3,(H,20,21). The SMILES string of the molecule is CCOc1cc(C(=O)N(C2CC2)C(C)C(=O)O)cc(Cl)c1O. The molecule has 2 N–H and O–H groups in total. The first-order chi connectivity index (χ1) is 10.4. The van der Waals surface area contributed by atoms with E-state index in [0.717, 1.165) is 12.8 Å². The molecule has 22 heavy (non-hydrogen) atoms. The summed E-state index contributed by atoms with van der Waals surface area (Å²) in [5.41, 5.74) is 0.200. The normalized spacial score (nSPS) is 15.2. The molecule has 1 aliphatic rings. The van der Waals surface area contributed by atoms with Crippen molar-refractivity contribution in [2.75, 3.05) is 6.61 Å². The van der Waals surface area contributed by atoms with Gasteiger partial charge in [0.05, 0.1) is 11.6 Å². The summed E-state index contributed by atoms with van der Waals surface area (Å²) in [5, 5.41) is 19.0. The lowest BCUT2D eigenvalue weighted by Gasteiger charge is -2.26. The number of carboxylic acids is 1. The fourth-order valence-electron chi connectivity index (χ4n) is 2.24. The van der Waals surface area contributed by atoms with Crippen molar-refractivity contribution >= 4 is 23.5 Å². The van der Waals surface area contributed by atoms with Crippen molar-refractivity contribution in [3.63, 3.8) is 0 Å². The maximum Gasteiger partial charge on any atom is 0.326 e. The van der Waals surface area contributed by atoms with Gasteiger partial charge in [0.1, 0.15) is 6.04 Å². The van der Waals surface area contributed by atoms with Crippen LogP contribution in [0.1, 0.15) is 37.0 Å². The smallest absolute Gasteiger partial charge is 0.326 e. The molecule has 0 heterocycles. The summed E-state index contributed by atoms with van der Waals surface area (Å²) in [6.45, 7) is 3.52. The Balaban J connectivity index is 2.36. The van der Waals surface area contributed by atoms with Gasteiger partial charge in [-0.1, -0.05) is 11.6 Å². The first-order valence-corrected chi connectivity index (χ1v) is 7.45. The van der Waals surface area contributed by atoms with Crippen LogP contribution >= 0.6 is 11.6 Å². The molecule has 6 nitrogen and oxygen atoms in total. The number of amides is 1. The number of phenolic OH excluding ortho intramolecular Hbond substituents is 1. The highest BCUT2D eigenvalue weighted by Crippen LogP contribution is 2.37. The molecule has 1 aliphatic carbocycles. The van der Waals surface area contributed by atoms with E-state index >= 15 is 0 Å². The number of carbonyl (C=O) groups is 2. The average Bonchev–Trinajstić information content (AvgIpc) is 3.28. The lowest BCUT2D eigenvalue weighted by Crippen LogP contribution is -2.44. The van der Waals surface area contributed by atoms with Gasteiger partial charge in [-0.25, -0.2) is 4.79 Å². The summed E-state index contributed by atoms with van der Waals surface area (Å²) < 4.78 is 5.25. The van der Waals surface area contributed by atoms with E-state index in [-0.39, 0.29) is 28.1 Å². The fraction of sp³-hybridized carbons (Fsp3) is 0.467. The van der Waals surface area contributed by atoms with Crippen molar-refractivity contribution < 1.29 is 24.5 Å².